The van der Waals surface area contributed by atoms with Gasteiger partial charge in [-0.05, 0) is 18.6 Å². The highest BCUT2D eigenvalue weighted by atomic mass is 79.9. The highest BCUT2D eigenvalue weighted by Crippen LogP contribution is 2.28. The van der Waals surface area contributed by atoms with Crippen molar-refractivity contribution in [2.75, 3.05) is 0 Å². The summed E-state index contributed by atoms with van der Waals surface area (Å²) < 4.78 is 27.9. The topological polar surface area (TPSA) is 69.2 Å². The van der Waals surface area contributed by atoms with Gasteiger partial charge < -0.3 is 5.73 Å². The molecule has 0 bridgehead atoms. The number of nitrogens with two attached hydrogens (primary N) is 1. The number of para-hydroxylation sites is 1. The van der Waals surface area contributed by atoms with Crippen LogP contribution < -0.4 is 5.73 Å². The van der Waals surface area contributed by atoms with Gasteiger partial charge in [0.05, 0.1) is 4.92 Å². The minimum Gasteiger partial charge on any atom is -0.323 e. The Labute approximate surface area is 127 Å². The van der Waals surface area contributed by atoms with Gasteiger partial charge in [0.1, 0.15) is 11.6 Å². The fourth-order valence-corrected chi connectivity index (χ4v) is 2.51. The third-order valence-corrected chi connectivity index (χ3v) is 3.50. The molecule has 0 aliphatic rings. The van der Waals surface area contributed by atoms with Gasteiger partial charge in [-0.1, -0.05) is 34.1 Å². The van der Waals surface area contributed by atoms with E-state index in [-0.39, 0.29) is 22.1 Å². The first-order valence-electron chi connectivity index (χ1n) is 6.02. The van der Waals surface area contributed by atoms with Gasteiger partial charge in [-0.3, -0.25) is 10.1 Å². The second-order valence-electron chi connectivity index (χ2n) is 4.48. The van der Waals surface area contributed by atoms with E-state index < -0.39 is 22.6 Å². The summed E-state index contributed by atoms with van der Waals surface area (Å²) in [6, 6.07) is 7.19. The highest BCUT2D eigenvalue weighted by molar-refractivity contribution is 9.10. The number of rotatable bonds is 4. The Morgan fingerprint density at radius 3 is 2.38 bits per heavy atom. The molecular formula is C14H11BrF2N2O2. The Balaban J connectivity index is 2.35. The van der Waals surface area contributed by atoms with Crippen molar-refractivity contribution in [2.24, 2.45) is 5.73 Å². The summed E-state index contributed by atoms with van der Waals surface area (Å²) in [7, 11) is 0. The van der Waals surface area contributed by atoms with Crippen LogP contribution in [0.2, 0.25) is 0 Å². The van der Waals surface area contributed by atoms with Crippen LogP contribution in [0.15, 0.2) is 40.9 Å². The van der Waals surface area contributed by atoms with Crippen LogP contribution in [0.3, 0.4) is 0 Å². The van der Waals surface area contributed by atoms with Crippen molar-refractivity contribution in [3.63, 3.8) is 0 Å². The van der Waals surface area contributed by atoms with Gasteiger partial charge in [0.25, 0.3) is 5.69 Å². The molecule has 4 nitrogen and oxygen atoms in total. The molecule has 0 aliphatic carbocycles. The van der Waals surface area contributed by atoms with Crippen LogP contribution in [0.4, 0.5) is 14.5 Å². The number of nitrogens with zero attached hydrogens (tertiary/aromatic N) is 1. The minimum absolute atomic E-state index is 0.0351. The first kappa shape index (κ1) is 15.5. The van der Waals surface area contributed by atoms with Gasteiger partial charge >= 0.3 is 0 Å². The summed E-state index contributed by atoms with van der Waals surface area (Å²) in [5, 5.41) is 10.9. The monoisotopic (exact) mass is 356 g/mol. The Hall–Kier alpha value is -1.86. The van der Waals surface area contributed by atoms with Crippen LogP contribution in [0.25, 0.3) is 0 Å². The molecule has 0 amide bonds. The minimum atomic E-state index is -1.01. The smallest absolute Gasteiger partial charge is 0.272 e. The average Bonchev–Trinajstić information content (AvgIpc) is 2.37. The summed E-state index contributed by atoms with van der Waals surface area (Å²) in [6.07, 6.45) is -0.0351. The number of hydrogen-bond acceptors (Lipinski definition) is 3. The van der Waals surface area contributed by atoms with E-state index >= 15 is 0 Å². The summed E-state index contributed by atoms with van der Waals surface area (Å²) in [6.45, 7) is 0. The van der Waals surface area contributed by atoms with Crippen LogP contribution in [-0.4, -0.2) is 4.92 Å². The molecule has 0 radical (unpaired) electrons. The summed E-state index contributed by atoms with van der Waals surface area (Å²) >= 11 is 2.98. The zero-order valence-electron chi connectivity index (χ0n) is 10.7. The van der Waals surface area contributed by atoms with Crippen LogP contribution in [0, 0.1) is 21.7 Å². The van der Waals surface area contributed by atoms with E-state index in [1.807, 2.05) is 0 Å². The Morgan fingerprint density at radius 2 is 1.81 bits per heavy atom. The molecular weight excluding hydrogens is 346 g/mol. The van der Waals surface area contributed by atoms with Crippen LogP contribution >= 0.6 is 15.9 Å². The number of nitro benzene ring substituents is 1. The fourth-order valence-electron chi connectivity index (χ4n) is 2.11. The zero-order chi connectivity index (χ0) is 15.6. The van der Waals surface area contributed by atoms with E-state index in [2.05, 4.69) is 15.9 Å². The predicted molar refractivity (Wildman–Crippen MR) is 77.8 cm³/mol. The molecule has 0 saturated heterocycles. The normalized spacial score (nSPS) is 12.2. The molecule has 1 unspecified atom stereocenters. The van der Waals surface area contributed by atoms with Crippen molar-refractivity contribution in [3.8, 4) is 0 Å². The van der Waals surface area contributed by atoms with Crippen molar-refractivity contribution in [3.05, 3.63) is 73.7 Å². The molecule has 0 spiro atoms. The zero-order valence-corrected chi connectivity index (χ0v) is 12.3. The Bertz CT molecular complexity index is 671. The molecule has 2 aromatic carbocycles. The van der Waals surface area contributed by atoms with Crippen molar-refractivity contribution < 1.29 is 13.7 Å². The molecule has 0 aromatic heterocycles. The number of benzene rings is 2. The van der Waals surface area contributed by atoms with Crippen molar-refractivity contribution in [1.82, 2.24) is 0 Å². The van der Waals surface area contributed by atoms with E-state index in [9.17, 15) is 18.9 Å². The SMILES string of the molecule is NC(Cc1ccccc1[N+](=O)[O-])c1c(F)cc(Br)cc1F. The molecule has 21 heavy (non-hydrogen) atoms. The van der Waals surface area contributed by atoms with E-state index in [4.69, 9.17) is 5.73 Å². The third kappa shape index (κ3) is 3.43. The van der Waals surface area contributed by atoms with E-state index in [1.165, 1.54) is 18.2 Å². The van der Waals surface area contributed by atoms with Gasteiger partial charge in [0, 0.05) is 27.7 Å². The number of nitro groups is 1. The molecule has 1 atom stereocenters. The van der Waals surface area contributed by atoms with Crippen LogP contribution in [0.1, 0.15) is 17.2 Å². The third-order valence-electron chi connectivity index (χ3n) is 3.04. The maximum Gasteiger partial charge on any atom is 0.272 e. The quantitative estimate of drug-likeness (QED) is 0.667. The first-order chi connectivity index (χ1) is 9.90. The lowest BCUT2D eigenvalue weighted by molar-refractivity contribution is -0.385. The van der Waals surface area contributed by atoms with Gasteiger partial charge in [-0.25, -0.2) is 8.78 Å². The van der Waals surface area contributed by atoms with E-state index in [1.54, 1.807) is 6.07 Å². The maximum absolute atomic E-state index is 13.8. The lowest BCUT2D eigenvalue weighted by atomic mass is 9.97. The van der Waals surface area contributed by atoms with E-state index in [0.717, 1.165) is 12.1 Å². The van der Waals surface area contributed by atoms with E-state index in [0.29, 0.717) is 5.56 Å². The molecule has 2 aromatic rings. The molecule has 0 aliphatic heterocycles. The summed E-state index contributed by atoms with van der Waals surface area (Å²) in [5.41, 5.74) is 5.76. The molecule has 7 heteroatoms. The number of hydrogen-bond donors (Lipinski definition) is 1. The van der Waals surface area contributed by atoms with Gasteiger partial charge in [0.2, 0.25) is 0 Å². The number of halogens is 3. The summed E-state index contributed by atoms with van der Waals surface area (Å²) in [5.74, 6) is -1.57. The Morgan fingerprint density at radius 1 is 1.24 bits per heavy atom. The fraction of sp³-hybridized carbons (Fsp3) is 0.143. The van der Waals surface area contributed by atoms with Crippen LogP contribution in [0.5, 0.6) is 0 Å². The standard InChI is InChI=1S/C14H11BrF2N2O2/c15-9-6-10(16)14(11(17)7-9)12(18)5-8-3-1-2-4-13(8)19(20)21/h1-4,6-7,12H,5,18H2. The lowest BCUT2D eigenvalue weighted by Crippen LogP contribution is -2.17. The average molecular weight is 357 g/mol. The van der Waals surface area contributed by atoms with Crippen molar-refractivity contribution >= 4 is 21.6 Å². The summed E-state index contributed by atoms with van der Waals surface area (Å²) in [4.78, 5) is 10.4. The van der Waals surface area contributed by atoms with Crippen molar-refractivity contribution in [2.45, 2.75) is 12.5 Å². The molecule has 110 valence electrons. The molecule has 0 heterocycles. The predicted octanol–water partition coefficient (Wildman–Crippen LogP) is 3.88. The van der Waals surface area contributed by atoms with Gasteiger partial charge in [0.15, 0.2) is 0 Å². The lowest BCUT2D eigenvalue weighted by Gasteiger charge is -2.14. The van der Waals surface area contributed by atoms with Crippen LogP contribution in [-0.2, 0) is 6.42 Å². The highest BCUT2D eigenvalue weighted by Gasteiger charge is 2.21. The molecule has 2 rings (SSSR count). The maximum atomic E-state index is 13.8. The second-order valence-corrected chi connectivity index (χ2v) is 5.40. The first-order valence-corrected chi connectivity index (χ1v) is 6.81. The molecule has 2 N–H and O–H groups in total. The Kier molecular flexibility index (Phi) is 4.64. The molecule has 0 saturated carbocycles. The van der Waals surface area contributed by atoms with Gasteiger partial charge in [-0.2, -0.15) is 0 Å². The largest absolute Gasteiger partial charge is 0.323 e. The molecule has 0 fully saturated rings. The van der Waals surface area contributed by atoms with Crippen molar-refractivity contribution in [1.29, 1.82) is 0 Å². The second kappa shape index (κ2) is 6.28. The van der Waals surface area contributed by atoms with Gasteiger partial charge in [-0.15, -0.1) is 0 Å².